The number of nitrogen functional groups attached to an aromatic ring is 1. The molecule has 0 aliphatic carbocycles. The summed E-state index contributed by atoms with van der Waals surface area (Å²) in [6, 6.07) is 8.34. The van der Waals surface area contributed by atoms with Crippen LogP contribution in [0.2, 0.25) is 0 Å². The number of piperazine rings is 1. The molecule has 0 amide bonds. The molecule has 1 saturated heterocycles. The van der Waals surface area contributed by atoms with Gasteiger partial charge in [-0.15, -0.1) is 5.10 Å². The molecule has 6 rings (SSSR count). The number of nitrogens with two attached hydrogens (primary N) is 1. The molecule has 0 unspecified atom stereocenters. The molecule has 13 nitrogen and oxygen atoms in total. The van der Waals surface area contributed by atoms with Crippen LogP contribution >= 0.6 is 0 Å². The van der Waals surface area contributed by atoms with Crippen molar-refractivity contribution in [2.75, 3.05) is 50.0 Å². The van der Waals surface area contributed by atoms with Crippen molar-refractivity contribution in [1.82, 2.24) is 34.0 Å². The second-order valence-electron chi connectivity index (χ2n) is 9.52. The van der Waals surface area contributed by atoms with Crippen molar-refractivity contribution in [3.8, 4) is 17.3 Å². The molecule has 0 radical (unpaired) electrons. The van der Waals surface area contributed by atoms with Crippen LogP contribution in [0.15, 0.2) is 47.3 Å². The molecule has 1 aliphatic rings. The third kappa shape index (κ3) is 5.12. The number of imidazole rings is 1. The van der Waals surface area contributed by atoms with E-state index >= 15 is 0 Å². The van der Waals surface area contributed by atoms with Gasteiger partial charge < -0.3 is 29.5 Å². The van der Waals surface area contributed by atoms with Gasteiger partial charge in [-0.2, -0.15) is 9.50 Å². The fourth-order valence-electron chi connectivity index (χ4n) is 4.81. The van der Waals surface area contributed by atoms with Crippen molar-refractivity contribution in [3.63, 3.8) is 0 Å². The molecular weight excluding hydrogens is 521 g/mol. The summed E-state index contributed by atoms with van der Waals surface area (Å²) in [5.74, 6) is 0.319. The largest absolute Gasteiger partial charge is 0.493 e. The van der Waals surface area contributed by atoms with Crippen molar-refractivity contribution >= 4 is 34.4 Å². The van der Waals surface area contributed by atoms with Gasteiger partial charge in [-0.25, -0.2) is 14.4 Å². The second-order valence-corrected chi connectivity index (χ2v) is 9.52. The van der Waals surface area contributed by atoms with Crippen molar-refractivity contribution in [3.05, 3.63) is 48.7 Å². The number of benzene rings is 1. The molecule has 0 atom stereocenters. The zero-order valence-corrected chi connectivity index (χ0v) is 21.6. The van der Waals surface area contributed by atoms with E-state index in [9.17, 15) is 9.18 Å². The predicted octanol–water partition coefficient (Wildman–Crippen LogP) is 2.52. The highest BCUT2D eigenvalue weighted by molar-refractivity contribution is 5.87. The van der Waals surface area contributed by atoms with E-state index < -0.39 is 5.97 Å². The summed E-state index contributed by atoms with van der Waals surface area (Å²) in [6.07, 6.45) is 3.68. The van der Waals surface area contributed by atoms with Crippen LogP contribution in [0.25, 0.3) is 28.4 Å². The minimum Gasteiger partial charge on any atom is -0.493 e. The number of carboxylic acids is 1. The number of hydrogen-bond donors (Lipinski definition) is 2. The van der Waals surface area contributed by atoms with Crippen molar-refractivity contribution in [2.45, 2.75) is 19.4 Å². The lowest BCUT2D eigenvalue weighted by atomic mass is 10.2. The highest BCUT2D eigenvalue weighted by Gasteiger charge is 2.21. The summed E-state index contributed by atoms with van der Waals surface area (Å²) in [6.45, 7) is 4.56. The number of fused-ring (bicyclic) bond motifs is 3. The number of aromatic nitrogens is 6. The summed E-state index contributed by atoms with van der Waals surface area (Å²) in [7, 11) is 0. The molecule has 0 saturated carbocycles. The molecule has 0 spiro atoms. The Labute approximate surface area is 227 Å². The summed E-state index contributed by atoms with van der Waals surface area (Å²) in [5.41, 5.74) is 8.48. The van der Waals surface area contributed by atoms with Crippen LogP contribution in [0.3, 0.4) is 0 Å². The molecule has 3 N–H and O–H groups in total. The maximum Gasteiger partial charge on any atom is 0.303 e. The molecule has 208 valence electrons. The number of hydrogen-bond acceptors (Lipinski definition) is 10. The Morgan fingerprint density at radius 2 is 1.98 bits per heavy atom. The quantitative estimate of drug-likeness (QED) is 0.247. The molecule has 1 fully saturated rings. The fraction of sp³-hybridized carbons (Fsp3) is 0.346. The molecule has 40 heavy (non-hydrogen) atoms. The number of rotatable bonds is 10. The van der Waals surface area contributed by atoms with E-state index in [1.54, 1.807) is 36.9 Å². The predicted molar refractivity (Wildman–Crippen MR) is 144 cm³/mol. The number of halogens is 1. The smallest absolute Gasteiger partial charge is 0.303 e. The highest BCUT2D eigenvalue weighted by atomic mass is 19.1. The van der Waals surface area contributed by atoms with Crippen LogP contribution in [-0.4, -0.2) is 84.4 Å². The standard InChI is InChI=1S/C26H28FN9O4/c27-18-15-17(39-13-2-4-21(37)38)5-6-19(18)34-10-7-33(8-11-34)9-12-35-16-29-22-24(35)31-26(28)36-25(22)30-23(32-36)20-3-1-14-40-20/h1,3,5-6,14-16H,2,4,7-13H2,(H2,28,31)(H,37,38). The second kappa shape index (κ2) is 10.8. The molecule has 4 aromatic heterocycles. The lowest BCUT2D eigenvalue weighted by Crippen LogP contribution is -2.47. The lowest BCUT2D eigenvalue weighted by molar-refractivity contribution is -0.137. The first-order valence-electron chi connectivity index (χ1n) is 13.0. The third-order valence-corrected chi connectivity index (χ3v) is 6.90. The maximum atomic E-state index is 14.8. The van der Waals surface area contributed by atoms with Gasteiger partial charge in [0.15, 0.2) is 22.6 Å². The molecule has 5 heterocycles. The van der Waals surface area contributed by atoms with Gasteiger partial charge >= 0.3 is 5.97 Å². The van der Waals surface area contributed by atoms with E-state index in [2.05, 4.69) is 25.0 Å². The molecule has 1 aromatic carbocycles. The summed E-state index contributed by atoms with van der Waals surface area (Å²) in [4.78, 5) is 28.6. The third-order valence-electron chi connectivity index (χ3n) is 6.90. The monoisotopic (exact) mass is 549 g/mol. The number of nitrogens with zero attached hydrogens (tertiary/aromatic N) is 8. The van der Waals surface area contributed by atoms with Gasteiger partial charge in [-0.3, -0.25) is 9.69 Å². The van der Waals surface area contributed by atoms with E-state index in [1.807, 2.05) is 9.47 Å². The Bertz CT molecular complexity index is 1640. The van der Waals surface area contributed by atoms with E-state index in [0.717, 1.165) is 19.6 Å². The van der Waals surface area contributed by atoms with Crippen LogP contribution < -0.4 is 15.4 Å². The van der Waals surface area contributed by atoms with Crippen LogP contribution in [0.4, 0.5) is 16.0 Å². The SMILES string of the molecule is Nc1nc2c(ncn2CCN2CCN(c3ccc(OCCCC(=O)O)cc3F)CC2)c2nc(-c3ccco3)nn12. The average Bonchev–Trinajstić information content (AvgIpc) is 3.70. The molecular formula is C26H28FN9O4. The first kappa shape index (κ1) is 25.6. The van der Waals surface area contributed by atoms with Gasteiger partial charge in [-0.1, -0.05) is 0 Å². The molecule has 1 aliphatic heterocycles. The van der Waals surface area contributed by atoms with Gasteiger partial charge in [0, 0.05) is 51.8 Å². The number of carboxylic acid groups (broad SMARTS) is 1. The van der Waals surface area contributed by atoms with Crippen molar-refractivity contribution < 1.29 is 23.4 Å². The van der Waals surface area contributed by atoms with Gasteiger partial charge in [-0.05, 0) is 30.7 Å². The van der Waals surface area contributed by atoms with Gasteiger partial charge in [0.25, 0.3) is 0 Å². The Kier molecular flexibility index (Phi) is 6.90. The van der Waals surface area contributed by atoms with Gasteiger partial charge in [0.2, 0.25) is 11.8 Å². The van der Waals surface area contributed by atoms with Crippen molar-refractivity contribution in [2.24, 2.45) is 0 Å². The van der Waals surface area contributed by atoms with Gasteiger partial charge in [0.05, 0.1) is 24.9 Å². The van der Waals surface area contributed by atoms with Crippen molar-refractivity contribution in [1.29, 1.82) is 0 Å². The number of ether oxygens (including phenoxy) is 1. The Morgan fingerprint density at radius 1 is 1.12 bits per heavy atom. The van der Waals surface area contributed by atoms with Crippen LogP contribution in [0.5, 0.6) is 5.75 Å². The summed E-state index contributed by atoms with van der Waals surface area (Å²) in [5, 5.41) is 13.1. The minimum absolute atomic E-state index is 0.0195. The Balaban J connectivity index is 1.06. The van der Waals surface area contributed by atoms with Crippen LogP contribution in [0, 0.1) is 5.82 Å². The minimum atomic E-state index is -0.877. The number of furan rings is 1. The Hall–Kier alpha value is -4.72. The zero-order chi connectivity index (χ0) is 27.6. The van der Waals surface area contributed by atoms with Crippen LogP contribution in [0.1, 0.15) is 12.8 Å². The molecule has 14 heteroatoms. The average molecular weight is 550 g/mol. The summed E-state index contributed by atoms with van der Waals surface area (Å²) >= 11 is 0. The number of carbonyl (C=O) groups is 1. The topological polar surface area (TPSA) is 153 Å². The van der Waals surface area contributed by atoms with Gasteiger partial charge in [0.1, 0.15) is 11.6 Å². The number of anilines is 2. The van der Waals surface area contributed by atoms with E-state index in [-0.39, 0.29) is 24.8 Å². The molecule has 0 bridgehead atoms. The normalized spacial score (nSPS) is 14.4. The van der Waals surface area contributed by atoms with Crippen LogP contribution in [-0.2, 0) is 11.3 Å². The van der Waals surface area contributed by atoms with E-state index in [0.29, 0.717) is 65.9 Å². The number of aliphatic carboxylic acids is 1. The Morgan fingerprint density at radius 3 is 2.73 bits per heavy atom. The maximum absolute atomic E-state index is 14.8. The van der Waals surface area contributed by atoms with E-state index in [1.165, 1.54) is 10.6 Å². The lowest BCUT2D eigenvalue weighted by Gasteiger charge is -2.36. The highest BCUT2D eigenvalue weighted by Crippen LogP contribution is 2.26. The first-order valence-corrected chi connectivity index (χ1v) is 13.0. The zero-order valence-electron chi connectivity index (χ0n) is 21.6. The molecule has 5 aromatic rings. The van der Waals surface area contributed by atoms with E-state index in [4.69, 9.17) is 20.0 Å². The fourth-order valence-corrected chi connectivity index (χ4v) is 4.81. The first-order chi connectivity index (χ1) is 19.5. The summed E-state index contributed by atoms with van der Waals surface area (Å²) < 4.78 is 29.1.